The third-order valence-electron chi connectivity index (χ3n) is 3.33. The summed E-state index contributed by atoms with van der Waals surface area (Å²) in [6.45, 7) is 0. The second-order valence-electron chi connectivity index (χ2n) is 5.32. The molecular formula is C20H17F2N3O5. The van der Waals surface area contributed by atoms with Crippen LogP contribution in [0.5, 0.6) is 11.5 Å². The number of rotatable bonds is 6. The third kappa shape index (κ3) is 8.24. The quantitative estimate of drug-likeness (QED) is 0.318. The van der Waals surface area contributed by atoms with Gasteiger partial charge in [-0.15, -0.1) is 0 Å². The molecule has 0 aromatic heterocycles. The largest absolute Gasteiger partial charge is 0.494 e. The molecule has 30 heavy (non-hydrogen) atoms. The topological polar surface area (TPSA) is 122 Å². The number of methoxy groups -OCH3 is 2. The Balaban J connectivity index is 0.000000303. The van der Waals surface area contributed by atoms with E-state index in [4.69, 9.17) is 20.1 Å². The van der Waals surface area contributed by atoms with Gasteiger partial charge >= 0.3 is 5.97 Å². The first-order chi connectivity index (χ1) is 14.3. The highest BCUT2D eigenvalue weighted by molar-refractivity contribution is 5.92. The lowest BCUT2D eigenvalue weighted by Gasteiger charge is -2.01. The molecule has 1 amide bonds. The lowest BCUT2D eigenvalue weighted by atomic mass is 10.2. The highest BCUT2D eigenvalue weighted by Crippen LogP contribution is 2.19. The van der Waals surface area contributed by atoms with Crippen molar-refractivity contribution in [3.63, 3.8) is 0 Å². The number of carbonyl (C=O) groups excluding carboxylic acids is 1. The molecule has 2 aromatic rings. The van der Waals surface area contributed by atoms with Crippen LogP contribution in [-0.4, -0.2) is 31.2 Å². The van der Waals surface area contributed by atoms with E-state index in [9.17, 15) is 18.4 Å². The minimum atomic E-state index is -1.05. The number of ether oxygens (including phenoxy) is 2. The van der Waals surface area contributed by atoms with Crippen molar-refractivity contribution in [1.29, 1.82) is 0 Å². The number of nitrogens with zero attached hydrogens (tertiary/aromatic N) is 3. The molecule has 0 bridgehead atoms. The Bertz CT molecular complexity index is 1020. The van der Waals surface area contributed by atoms with Crippen molar-refractivity contribution in [2.75, 3.05) is 14.2 Å². The normalized spacial score (nSPS) is 10.1. The monoisotopic (exact) mass is 417 g/mol. The number of carbonyl (C=O) groups is 2. The summed E-state index contributed by atoms with van der Waals surface area (Å²) in [5, 5.41) is 11.2. The lowest BCUT2D eigenvalue weighted by molar-refractivity contribution is -0.131. The molecule has 1 N–H and O–H groups in total. The molecule has 0 saturated heterocycles. The van der Waals surface area contributed by atoms with E-state index >= 15 is 0 Å². The highest BCUT2D eigenvalue weighted by atomic mass is 19.1. The first-order valence-corrected chi connectivity index (χ1v) is 8.16. The van der Waals surface area contributed by atoms with Crippen LogP contribution in [0.25, 0.3) is 22.6 Å². The number of carboxylic acid groups (broad SMARTS) is 1. The van der Waals surface area contributed by atoms with Crippen LogP contribution < -0.4 is 9.47 Å². The predicted molar refractivity (Wildman–Crippen MR) is 106 cm³/mol. The standard InChI is InChI=1S/C10H8FN3O2.C10H9FO3/c1-16-9-6-7(2-4-8(9)11)3-5-10(15)13-14-12;1-14-9-6-7(2-4-8(9)11)3-5-10(12)13/h2-6H,1H3;2-6H,1H3,(H,12,13)/b2*5-3+. The van der Waals surface area contributed by atoms with Crippen molar-refractivity contribution in [3.8, 4) is 11.5 Å². The molecule has 0 unspecified atom stereocenters. The Morgan fingerprint density at radius 3 is 1.83 bits per heavy atom. The zero-order valence-corrected chi connectivity index (χ0v) is 16.0. The SMILES string of the molecule is COc1cc(/C=C/C(=O)N=[N+]=[N-])ccc1F.COc1cc(/C=C/C(=O)O)ccc1F. The summed E-state index contributed by atoms with van der Waals surface area (Å²) in [5.74, 6) is -2.55. The molecule has 0 radical (unpaired) electrons. The summed E-state index contributed by atoms with van der Waals surface area (Å²) in [6, 6.07) is 8.23. The van der Waals surface area contributed by atoms with Gasteiger partial charge in [0.15, 0.2) is 23.1 Å². The Kier molecular flexibility index (Phi) is 9.80. The second kappa shape index (κ2) is 12.3. The number of benzene rings is 2. The van der Waals surface area contributed by atoms with E-state index < -0.39 is 23.5 Å². The van der Waals surface area contributed by atoms with Crippen molar-refractivity contribution < 1.29 is 33.0 Å². The van der Waals surface area contributed by atoms with Crippen LogP contribution in [0.15, 0.2) is 53.7 Å². The Hall–Kier alpha value is -4.17. The molecule has 0 heterocycles. The van der Waals surface area contributed by atoms with Crippen molar-refractivity contribution in [3.05, 3.63) is 81.8 Å². The van der Waals surface area contributed by atoms with E-state index in [2.05, 4.69) is 10.0 Å². The number of hydrogen-bond donors (Lipinski definition) is 1. The molecule has 2 rings (SSSR count). The van der Waals surface area contributed by atoms with Gasteiger partial charge in [-0.2, -0.15) is 0 Å². The van der Waals surface area contributed by atoms with E-state index in [1.807, 2.05) is 0 Å². The van der Waals surface area contributed by atoms with Crippen LogP contribution >= 0.6 is 0 Å². The van der Waals surface area contributed by atoms with Crippen LogP contribution in [0.1, 0.15) is 11.1 Å². The molecule has 156 valence electrons. The number of carboxylic acids is 1. The minimum Gasteiger partial charge on any atom is -0.494 e. The molecule has 10 heteroatoms. The fraction of sp³-hybridized carbons (Fsp3) is 0.100. The van der Waals surface area contributed by atoms with Gasteiger partial charge in [0.25, 0.3) is 0 Å². The molecular weight excluding hydrogens is 400 g/mol. The van der Waals surface area contributed by atoms with Gasteiger partial charge < -0.3 is 14.6 Å². The maximum atomic E-state index is 13.0. The van der Waals surface area contributed by atoms with Crippen molar-refractivity contribution >= 4 is 24.0 Å². The van der Waals surface area contributed by atoms with E-state index in [0.29, 0.717) is 11.1 Å². The highest BCUT2D eigenvalue weighted by Gasteiger charge is 2.02. The van der Waals surface area contributed by atoms with Gasteiger partial charge in [-0.25, -0.2) is 13.6 Å². The van der Waals surface area contributed by atoms with Crippen LogP contribution in [0, 0.1) is 11.6 Å². The zero-order chi connectivity index (χ0) is 22.5. The molecule has 2 aromatic carbocycles. The van der Waals surface area contributed by atoms with Crippen molar-refractivity contribution in [2.45, 2.75) is 0 Å². The zero-order valence-electron chi connectivity index (χ0n) is 16.0. The fourth-order valence-corrected chi connectivity index (χ4v) is 1.97. The van der Waals surface area contributed by atoms with Crippen LogP contribution in [0.4, 0.5) is 8.78 Å². The average molecular weight is 417 g/mol. The van der Waals surface area contributed by atoms with Crippen LogP contribution in [0.3, 0.4) is 0 Å². The summed E-state index contributed by atoms with van der Waals surface area (Å²) >= 11 is 0. The van der Waals surface area contributed by atoms with E-state index in [-0.39, 0.29) is 11.5 Å². The van der Waals surface area contributed by atoms with Crippen LogP contribution in [-0.2, 0) is 9.59 Å². The first kappa shape index (κ1) is 23.9. The van der Waals surface area contributed by atoms with Gasteiger partial charge in [0, 0.05) is 11.0 Å². The molecule has 0 aliphatic heterocycles. The molecule has 8 nitrogen and oxygen atoms in total. The first-order valence-electron chi connectivity index (χ1n) is 8.16. The van der Waals surface area contributed by atoms with E-state index in [1.165, 1.54) is 62.8 Å². The molecule has 0 aliphatic rings. The Morgan fingerprint density at radius 1 is 0.967 bits per heavy atom. The third-order valence-corrected chi connectivity index (χ3v) is 3.33. The van der Waals surface area contributed by atoms with Gasteiger partial charge in [0.1, 0.15) is 0 Å². The molecule has 0 spiro atoms. The summed E-state index contributed by atoms with van der Waals surface area (Å²) in [4.78, 5) is 23.4. The lowest BCUT2D eigenvalue weighted by Crippen LogP contribution is -1.89. The molecule has 0 aliphatic carbocycles. The number of aliphatic carboxylic acids is 1. The average Bonchev–Trinajstić information content (AvgIpc) is 2.73. The maximum Gasteiger partial charge on any atom is 0.328 e. The van der Waals surface area contributed by atoms with Gasteiger partial charge in [-0.1, -0.05) is 18.2 Å². The summed E-state index contributed by atoms with van der Waals surface area (Å²) in [7, 11) is 2.69. The second-order valence-corrected chi connectivity index (χ2v) is 5.32. The number of halogens is 2. The van der Waals surface area contributed by atoms with E-state index in [0.717, 1.165) is 12.2 Å². The van der Waals surface area contributed by atoms with Gasteiger partial charge in [-0.05, 0) is 58.2 Å². The summed E-state index contributed by atoms with van der Waals surface area (Å²) in [5.41, 5.74) is 9.13. The number of hydrogen-bond acceptors (Lipinski definition) is 4. The van der Waals surface area contributed by atoms with E-state index in [1.54, 1.807) is 0 Å². The number of azide groups is 1. The van der Waals surface area contributed by atoms with Gasteiger partial charge in [0.05, 0.1) is 14.2 Å². The predicted octanol–water partition coefficient (Wildman–Crippen LogP) is 4.62. The van der Waals surface area contributed by atoms with Crippen LogP contribution in [0.2, 0.25) is 0 Å². The minimum absolute atomic E-state index is 0.0818. The van der Waals surface area contributed by atoms with Gasteiger partial charge in [0.2, 0.25) is 5.91 Å². The molecule has 0 saturated carbocycles. The Morgan fingerprint density at radius 2 is 1.43 bits per heavy atom. The van der Waals surface area contributed by atoms with Gasteiger partial charge in [-0.3, -0.25) is 4.79 Å². The Labute approximate surface area is 170 Å². The fourth-order valence-electron chi connectivity index (χ4n) is 1.97. The smallest absolute Gasteiger partial charge is 0.328 e. The van der Waals surface area contributed by atoms with Crippen molar-refractivity contribution in [1.82, 2.24) is 0 Å². The molecule has 0 fully saturated rings. The maximum absolute atomic E-state index is 13.0. The molecule has 0 atom stereocenters. The van der Waals surface area contributed by atoms with Crippen molar-refractivity contribution in [2.24, 2.45) is 5.11 Å². The summed E-state index contributed by atoms with van der Waals surface area (Å²) < 4.78 is 35.4. The summed E-state index contributed by atoms with van der Waals surface area (Å²) in [6.07, 6.45) is 4.84. The number of amides is 1.